The summed E-state index contributed by atoms with van der Waals surface area (Å²) in [5.41, 5.74) is 0.754. The van der Waals surface area contributed by atoms with E-state index in [4.69, 9.17) is 9.26 Å². The van der Waals surface area contributed by atoms with E-state index in [9.17, 15) is 5.11 Å². The minimum absolute atomic E-state index is 0.0978. The number of methoxy groups -OCH3 is 1. The van der Waals surface area contributed by atoms with Crippen molar-refractivity contribution in [3.63, 3.8) is 0 Å². The molecule has 1 fully saturated rings. The summed E-state index contributed by atoms with van der Waals surface area (Å²) in [6, 6.07) is 5.01. The third-order valence-electron chi connectivity index (χ3n) is 3.93. The van der Waals surface area contributed by atoms with Crippen LogP contribution in [0.2, 0.25) is 0 Å². The molecule has 2 atom stereocenters. The number of benzene rings is 1. The zero-order valence-corrected chi connectivity index (χ0v) is 11.7. The van der Waals surface area contributed by atoms with Gasteiger partial charge < -0.3 is 14.4 Å². The minimum Gasteiger partial charge on any atom is -0.504 e. The maximum absolute atomic E-state index is 9.60. The Morgan fingerprint density at radius 3 is 2.90 bits per heavy atom. The van der Waals surface area contributed by atoms with Gasteiger partial charge in [0.15, 0.2) is 17.3 Å². The van der Waals surface area contributed by atoms with E-state index in [0.717, 1.165) is 30.1 Å². The standard InChI is InChI=1S/C15H18N2O3/c1-9-3-4-10(7-9)14-16-15(20-17-14)11-5-6-12(18)13(8-11)19-2/h5-6,8-10,18H,3-4,7H2,1-2H3. The molecule has 106 valence electrons. The van der Waals surface area contributed by atoms with Crippen LogP contribution in [0.25, 0.3) is 11.5 Å². The lowest BCUT2D eigenvalue weighted by molar-refractivity contribution is 0.373. The zero-order valence-electron chi connectivity index (χ0n) is 11.7. The second-order valence-electron chi connectivity index (χ2n) is 5.46. The first-order chi connectivity index (χ1) is 9.67. The first-order valence-electron chi connectivity index (χ1n) is 6.88. The number of aromatic nitrogens is 2. The molecular weight excluding hydrogens is 256 g/mol. The Kier molecular flexibility index (Phi) is 3.34. The Balaban J connectivity index is 1.86. The number of aromatic hydroxyl groups is 1. The fraction of sp³-hybridized carbons (Fsp3) is 0.467. The fourth-order valence-corrected chi connectivity index (χ4v) is 2.77. The van der Waals surface area contributed by atoms with E-state index in [1.807, 2.05) is 0 Å². The van der Waals surface area contributed by atoms with Gasteiger partial charge in [-0.2, -0.15) is 4.98 Å². The summed E-state index contributed by atoms with van der Waals surface area (Å²) < 4.78 is 10.4. The van der Waals surface area contributed by atoms with E-state index >= 15 is 0 Å². The van der Waals surface area contributed by atoms with Gasteiger partial charge in [-0.25, -0.2) is 0 Å². The van der Waals surface area contributed by atoms with Crippen molar-refractivity contribution in [1.82, 2.24) is 10.1 Å². The molecule has 0 amide bonds. The quantitative estimate of drug-likeness (QED) is 0.929. The van der Waals surface area contributed by atoms with Crippen LogP contribution in [-0.2, 0) is 0 Å². The van der Waals surface area contributed by atoms with Crippen molar-refractivity contribution >= 4 is 0 Å². The molecule has 0 bridgehead atoms. The van der Waals surface area contributed by atoms with Crippen LogP contribution in [0.15, 0.2) is 22.7 Å². The molecule has 1 aromatic heterocycles. The molecule has 5 nitrogen and oxygen atoms in total. The Hall–Kier alpha value is -2.04. The smallest absolute Gasteiger partial charge is 0.258 e. The Morgan fingerprint density at radius 1 is 1.35 bits per heavy atom. The predicted molar refractivity (Wildman–Crippen MR) is 73.7 cm³/mol. The predicted octanol–water partition coefficient (Wildman–Crippen LogP) is 3.35. The number of phenols is 1. The number of hydrogen-bond donors (Lipinski definition) is 1. The average molecular weight is 274 g/mol. The lowest BCUT2D eigenvalue weighted by Gasteiger charge is -2.03. The average Bonchev–Trinajstić information content (AvgIpc) is 3.08. The summed E-state index contributed by atoms with van der Waals surface area (Å²) in [4.78, 5) is 4.49. The molecule has 0 spiro atoms. The van der Waals surface area contributed by atoms with Crippen molar-refractivity contribution in [2.75, 3.05) is 7.11 Å². The number of ether oxygens (including phenoxy) is 1. The molecule has 20 heavy (non-hydrogen) atoms. The van der Waals surface area contributed by atoms with Gasteiger partial charge in [-0.3, -0.25) is 0 Å². The van der Waals surface area contributed by atoms with E-state index in [-0.39, 0.29) is 5.75 Å². The fourth-order valence-electron chi connectivity index (χ4n) is 2.77. The molecule has 1 heterocycles. The first kappa shape index (κ1) is 13.0. The van der Waals surface area contributed by atoms with Gasteiger partial charge in [0.2, 0.25) is 0 Å². The van der Waals surface area contributed by atoms with Crippen LogP contribution in [0.5, 0.6) is 11.5 Å². The zero-order chi connectivity index (χ0) is 14.1. The van der Waals surface area contributed by atoms with Crippen molar-refractivity contribution in [3.8, 4) is 23.0 Å². The molecular formula is C15H18N2O3. The summed E-state index contributed by atoms with van der Waals surface area (Å²) in [6.45, 7) is 2.26. The largest absolute Gasteiger partial charge is 0.504 e. The van der Waals surface area contributed by atoms with Crippen LogP contribution in [-0.4, -0.2) is 22.4 Å². The van der Waals surface area contributed by atoms with Gasteiger partial charge in [0.05, 0.1) is 7.11 Å². The van der Waals surface area contributed by atoms with E-state index in [1.54, 1.807) is 18.2 Å². The van der Waals surface area contributed by atoms with Crippen molar-refractivity contribution in [1.29, 1.82) is 0 Å². The van der Waals surface area contributed by atoms with Crippen molar-refractivity contribution in [2.24, 2.45) is 5.92 Å². The number of rotatable bonds is 3. The molecule has 1 aliphatic rings. The van der Waals surface area contributed by atoms with Crippen LogP contribution in [0.1, 0.15) is 37.9 Å². The maximum atomic E-state index is 9.60. The first-order valence-corrected chi connectivity index (χ1v) is 6.88. The van der Waals surface area contributed by atoms with Crippen LogP contribution < -0.4 is 4.74 Å². The number of nitrogens with zero attached hydrogens (tertiary/aromatic N) is 2. The summed E-state index contributed by atoms with van der Waals surface area (Å²) in [7, 11) is 1.51. The third kappa shape index (κ3) is 2.35. The van der Waals surface area contributed by atoms with Gasteiger partial charge in [-0.05, 0) is 43.4 Å². The van der Waals surface area contributed by atoms with Crippen LogP contribution in [0, 0.1) is 5.92 Å². The van der Waals surface area contributed by atoms with Crippen molar-refractivity contribution in [2.45, 2.75) is 32.1 Å². The normalized spacial score (nSPS) is 22.1. The van der Waals surface area contributed by atoms with E-state index in [2.05, 4.69) is 17.1 Å². The lowest BCUT2D eigenvalue weighted by Crippen LogP contribution is -1.96. The minimum atomic E-state index is 0.0978. The summed E-state index contributed by atoms with van der Waals surface area (Å²) in [6.07, 6.45) is 3.47. The summed E-state index contributed by atoms with van der Waals surface area (Å²) in [5.74, 6) is 2.89. The van der Waals surface area contributed by atoms with E-state index in [0.29, 0.717) is 17.6 Å². The Morgan fingerprint density at radius 2 is 2.20 bits per heavy atom. The molecule has 1 aromatic carbocycles. The molecule has 1 saturated carbocycles. The summed E-state index contributed by atoms with van der Waals surface area (Å²) in [5, 5.41) is 13.7. The SMILES string of the molecule is COc1cc(-c2nc(C3CCC(C)C3)no2)ccc1O. The van der Waals surface area contributed by atoms with Crippen molar-refractivity contribution < 1.29 is 14.4 Å². The second kappa shape index (κ2) is 5.15. The molecule has 3 rings (SSSR count). The van der Waals surface area contributed by atoms with Crippen molar-refractivity contribution in [3.05, 3.63) is 24.0 Å². The molecule has 1 aliphatic carbocycles. The monoisotopic (exact) mass is 274 g/mol. The highest BCUT2D eigenvalue weighted by molar-refractivity contribution is 5.59. The summed E-state index contributed by atoms with van der Waals surface area (Å²) >= 11 is 0. The van der Waals surface area contributed by atoms with E-state index < -0.39 is 0 Å². The van der Waals surface area contributed by atoms with Crippen LogP contribution >= 0.6 is 0 Å². The van der Waals surface area contributed by atoms with Gasteiger partial charge in [0.1, 0.15) is 0 Å². The molecule has 2 unspecified atom stereocenters. The van der Waals surface area contributed by atoms with Gasteiger partial charge >= 0.3 is 0 Å². The maximum Gasteiger partial charge on any atom is 0.258 e. The third-order valence-corrected chi connectivity index (χ3v) is 3.93. The number of phenolic OH excluding ortho intramolecular Hbond substituents is 1. The molecule has 0 saturated heterocycles. The van der Waals surface area contributed by atoms with Gasteiger partial charge in [-0.15, -0.1) is 0 Å². The molecule has 0 aliphatic heterocycles. The Bertz CT molecular complexity index is 609. The molecule has 0 radical (unpaired) electrons. The highest BCUT2D eigenvalue weighted by atomic mass is 16.5. The van der Waals surface area contributed by atoms with E-state index in [1.165, 1.54) is 13.5 Å². The van der Waals surface area contributed by atoms with Gasteiger partial charge in [0, 0.05) is 11.5 Å². The van der Waals surface area contributed by atoms with Crippen LogP contribution in [0.4, 0.5) is 0 Å². The molecule has 1 N–H and O–H groups in total. The highest BCUT2D eigenvalue weighted by Gasteiger charge is 2.27. The van der Waals surface area contributed by atoms with Crippen LogP contribution in [0.3, 0.4) is 0 Å². The lowest BCUT2D eigenvalue weighted by atomic mass is 10.1. The molecule has 5 heteroatoms. The number of hydrogen-bond acceptors (Lipinski definition) is 5. The Labute approximate surface area is 117 Å². The topological polar surface area (TPSA) is 68.4 Å². The second-order valence-corrected chi connectivity index (χ2v) is 5.46. The highest BCUT2D eigenvalue weighted by Crippen LogP contribution is 2.37. The van der Waals surface area contributed by atoms with Gasteiger partial charge in [0.25, 0.3) is 5.89 Å². The van der Waals surface area contributed by atoms with Gasteiger partial charge in [-0.1, -0.05) is 12.1 Å². The molecule has 2 aromatic rings.